The lowest BCUT2D eigenvalue weighted by atomic mass is 9.90. The number of carbonyl (C=O) groups is 3. The summed E-state index contributed by atoms with van der Waals surface area (Å²) in [5, 5.41) is 5.06. The van der Waals surface area contributed by atoms with Crippen LogP contribution in [0.5, 0.6) is 0 Å². The summed E-state index contributed by atoms with van der Waals surface area (Å²) >= 11 is 0. The number of rotatable bonds is 8. The maximum absolute atomic E-state index is 14.0. The van der Waals surface area contributed by atoms with E-state index in [4.69, 9.17) is 19.2 Å². The van der Waals surface area contributed by atoms with Gasteiger partial charge < -0.3 is 34.4 Å². The number of fused-ring (bicyclic) bond motifs is 1. The average Bonchev–Trinajstić information content (AvgIpc) is 4.06. The molecule has 0 aliphatic carbocycles. The summed E-state index contributed by atoms with van der Waals surface area (Å²) in [6, 6.07) is 20.3. The lowest BCUT2D eigenvalue weighted by Gasteiger charge is -2.34. The van der Waals surface area contributed by atoms with E-state index < -0.39 is 17.7 Å². The molecule has 5 heterocycles. The minimum absolute atomic E-state index is 0.0178. The van der Waals surface area contributed by atoms with Crippen molar-refractivity contribution < 1.29 is 28.6 Å². The normalized spacial score (nSPS) is 19.5. The Kier molecular flexibility index (Phi) is 10.8. The highest BCUT2D eigenvalue weighted by Gasteiger charge is 2.40. The van der Waals surface area contributed by atoms with Crippen molar-refractivity contribution in [1.29, 1.82) is 0 Å². The van der Waals surface area contributed by atoms with E-state index in [0.29, 0.717) is 39.1 Å². The molecule has 3 N–H and O–H groups in total. The largest absolute Gasteiger partial charge is 0.453 e. The molecule has 2 aromatic heterocycles. The molecule has 0 spiro atoms. The van der Waals surface area contributed by atoms with Gasteiger partial charge in [-0.25, -0.2) is 19.6 Å². The lowest BCUT2D eigenvalue weighted by molar-refractivity contribution is -0.136. The standard InChI is InChI=1S/C44H51N7O6/c1-44(2,3)57-43(54)51-20-6-8-37(51)40-46-26-35(48-40)33-16-15-31-23-30(13-14-32(31)24-33)27-9-11-28(12-10-27)34-25-45-39(47-34)36-7-5-19-50(36)41(52)38(49-42(53)55-4)29-17-21-56-22-18-29/h9-16,23-26,29,36-38H,5-8,17-22H2,1-4H3,(H,45,47)(H,46,48)(H,49,53). The van der Waals surface area contributed by atoms with E-state index in [1.165, 1.54) is 7.11 Å². The number of amides is 3. The molecule has 5 aromatic rings. The predicted molar refractivity (Wildman–Crippen MR) is 216 cm³/mol. The highest BCUT2D eigenvalue weighted by atomic mass is 16.6. The van der Waals surface area contributed by atoms with Gasteiger partial charge in [-0.1, -0.05) is 48.5 Å². The molecule has 3 unspecified atom stereocenters. The quantitative estimate of drug-likeness (QED) is 0.143. The molecule has 13 heteroatoms. The SMILES string of the molecule is COC(=O)NC(C(=O)N1CCCC1c1ncc(-c2ccc(-c3ccc4cc(-c5cnc(C6CCCN6C(=O)OC(C)(C)C)[nH]5)ccc4c3)cc2)[nH]1)C1CCOCC1. The minimum Gasteiger partial charge on any atom is -0.453 e. The molecular weight excluding hydrogens is 723 g/mol. The zero-order valence-electron chi connectivity index (χ0n) is 33.0. The van der Waals surface area contributed by atoms with E-state index in [-0.39, 0.29) is 30.0 Å². The number of alkyl carbamates (subject to hydrolysis) is 1. The Bertz CT molecular complexity index is 2240. The van der Waals surface area contributed by atoms with Crippen molar-refractivity contribution in [1.82, 2.24) is 35.1 Å². The summed E-state index contributed by atoms with van der Waals surface area (Å²) in [5.74, 6) is 1.39. The summed E-state index contributed by atoms with van der Waals surface area (Å²) in [6.07, 6.45) is 7.56. The van der Waals surface area contributed by atoms with Crippen LogP contribution in [-0.4, -0.2) is 92.9 Å². The number of hydrogen-bond acceptors (Lipinski definition) is 8. The third kappa shape index (κ3) is 8.25. The first-order valence-corrected chi connectivity index (χ1v) is 20.0. The highest BCUT2D eigenvalue weighted by molar-refractivity contribution is 5.91. The topological polar surface area (TPSA) is 155 Å². The molecule has 3 saturated heterocycles. The Morgan fingerprint density at radius 1 is 0.754 bits per heavy atom. The minimum atomic E-state index is -0.674. The first kappa shape index (κ1) is 38.2. The van der Waals surface area contributed by atoms with E-state index >= 15 is 0 Å². The number of imidazole rings is 2. The number of methoxy groups -OCH3 is 1. The van der Waals surface area contributed by atoms with Gasteiger partial charge in [0, 0.05) is 31.9 Å². The van der Waals surface area contributed by atoms with Gasteiger partial charge in [-0.2, -0.15) is 0 Å². The number of nitrogens with zero attached hydrogens (tertiary/aromatic N) is 4. The molecule has 3 atom stereocenters. The lowest BCUT2D eigenvalue weighted by Crippen LogP contribution is -2.53. The molecule has 0 bridgehead atoms. The number of aromatic nitrogens is 4. The molecule has 3 fully saturated rings. The number of benzene rings is 3. The van der Waals surface area contributed by atoms with Gasteiger partial charge in [0.15, 0.2) is 0 Å². The summed E-state index contributed by atoms with van der Waals surface area (Å²) in [5.41, 5.74) is 5.47. The van der Waals surface area contributed by atoms with Crippen LogP contribution < -0.4 is 5.32 Å². The molecule has 3 aliphatic rings. The van der Waals surface area contributed by atoms with Gasteiger partial charge >= 0.3 is 12.2 Å². The van der Waals surface area contributed by atoms with Crippen LogP contribution in [0.2, 0.25) is 0 Å². The second-order valence-electron chi connectivity index (χ2n) is 16.3. The van der Waals surface area contributed by atoms with E-state index in [0.717, 1.165) is 81.7 Å². The van der Waals surface area contributed by atoms with Crippen molar-refractivity contribution in [2.45, 2.75) is 83.0 Å². The van der Waals surface area contributed by atoms with Crippen molar-refractivity contribution in [3.8, 4) is 33.6 Å². The Balaban J connectivity index is 0.940. The van der Waals surface area contributed by atoms with Gasteiger partial charge in [0.25, 0.3) is 0 Å². The number of carbonyl (C=O) groups excluding carboxylic acids is 3. The van der Waals surface area contributed by atoms with Gasteiger partial charge in [-0.15, -0.1) is 0 Å². The first-order chi connectivity index (χ1) is 27.5. The second kappa shape index (κ2) is 16.0. The number of nitrogens with one attached hydrogen (secondary N) is 3. The Labute approximate surface area is 332 Å². The maximum Gasteiger partial charge on any atom is 0.410 e. The van der Waals surface area contributed by atoms with E-state index in [9.17, 15) is 14.4 Å². The molecule has 3 aliphatic heterocycles. The fraction of sp³-hybridized carbons (Fsp3) is 0.432. The van der Waals surface area contributed by atoms with Crippen molar-refractivity contribution in [3.63, 3.8) is 0 Å². The number of H-pyrrole nitrogens is 2. The summed E-state index contributed by atoms with van der Waals surface area (Å²) in [6.45, 7) is 8.04. The van der Waals surface area contributed by atoms with E-state index in [1.54, 1.807) is 4.90 Å². The van der Waals surface area contributed by atoms with Crippen molar-refractivity contribution in [2.24, 2.45) is 5.92 Å². The van der Waals surface area contributed by atoms with Crippen LogP contribution in [0.1, 0.15) is 83.0 Å². The molecule has 13 nitrogen and oxygen atoms in total. The average molecular weight is 774 g/mol. The molecule has 0 saturated carbocycles. The zero-order chi connectivity index (χ0) is 39.7. The molecule has 3 amide bonds. The Hall–Kier alpha value is -5.69. The van der Waals surface area contributed by atoms with Crippen LogP contribution in [0.25, 0.3) is 44.4 Å². The van der Waals surface area contributed by atoms with Crippen molar-refractivity contribution >= 4 is 28.9 Å². The van der Waals surface area contributed by atoms with E-state index in [2.05, 4.69) is 80.9 Å². The maximum atomic E-state index is 14.0. The zero-order valence-corrected chi connectivity index (χ0v) is 33.0. The van der Waals surface area contributed by atoms with Crippen LogP contribution in [-0.2, 0) is 19.0 Å². The number of ether oxygens (including phenoxy) is 3. The predicted octanol–water partition coefficient (Wildman–Crippen LogP) is 8.17. The molecular formula is C44H51N7O6. The summed E-state index contributed by atoms with van der Waals surface area (Å²) in [4.78, 5) is 59.1. The molecule has 0 radical (unpaired) electrons. The molecule has 57 heavy (non-hydrogen) atoms. The van der Waals surface area contributed by atoms with Crippen LogP contribution in [0.15, 0.2) is 73.1 Å². The van der Waals surface area contributed by atoms with Crippen LogP contribution in [0.4, 0.5) is 9.59 Å². The highest BCUT2D eigenvalue weighted by Crippen LogP contribution is 2.36. The van der Waals surface area contributed by atoms with Gasteiger partial charge in [-0.3, -0.25) is 9.69 Å². The molecule has 298 valence electrons. The second-order valence-corrected chi connectivity index (χ2v) is 16.3. The monoisotopic (exact) mass is 773 g/mol. The van der Waals surface area contributed by atoms with Gasteiger partial charge in [0.2, 0.25) is 5.91 Å². The smallest absolute Gasteiger partial charge is 0.410 e. The number of likely N-dealkylation sites (tertiary alicyclic amines) is 2. The van der Waals surface area contributed by atoms with Crippen LogP contribution in [0.3, 0.4) is 0 Å². The van der Waals surface area contributed by atoms with Crippen molar-refractivity contribution in [2.75, 3.05) is 33.4 Å². The van der Waals surface area contributed by atoms with Gasteiger partial charge in [0.1, 0.15) is 23.3 Å². The molecule has 3 aromatic carbocycles. The van der Waals surface area contributed by atoms with Crippen LogP contribution in [0, 0.1) is 5.92 Å². The van der Waals surface area contributed by atoms with Gasteiger partial charge in [0.05, 0.1) is 43.0 Å². The van der Waals surface area contributed by atoms with Crippen LogP contribution >= 0.6 is 0 Å². The summed E-state index contributed by atoms with van der Waals surface area (Å²) in [7, 11) is 1.31. The first-order valence-electron chi connectivity index (χ1n) is 20.0. The number of aromatic amines is 2. The molecule has 8 rings (SSSR count). The Morgan fingerprint density at radius 2 is 1.30 bits per heavy atom. The van der Waals surface area contributed by atoms with Crippen molar-refractivity contribution in [3.05, 3.63) is 84.7 Å². The summed E-state index contributed by atoms with van der Waals surface area (Å²) < 4.78 is 16.0. The number of hydrogen-bond donors (Lipinski definition) is 3. The fourth-order valence-corrected chi connectivity index (χ4v) is 8.44. The van der Waals surface area contributed by atoms with Gasteiger partial charge in [-0.05, 0) is 105 Å². The van der Waals surface area contributed by atoms with E-state index in [1.807, 2.05) is 38.1 Å². The fourth-order valence-electron chi connectivity index (χ4n) is 8.44. The Morgan fingerprint density at radius 3 is 1.93 bits per heavy atom. The third-order valence-electron chi connectivity index (χ3n) is 11.4. The third-order valence-corrected chi connectivity index (χ3v) is 11.4.